The summed E-state index contributed by atoms with van der Waals surface area (Å²) in [4.78, 5) is 42.7. The zero-order chi connectivity index (χ0) is 23.0. The minimum atomic E-state index is -0.665. The van der Waals surface area contributed by atoms with Crippen molar-refractivity contribution in [3.8, 4) is 0 Å². The van der Waals surface area contributed by atoms with Gasteiger partial charge < -0.3 is 15.0 Å². The van der Waals surface area contributed by atoms with Gasteiger partial charge in [-0.25, -0.2) is 4.79 Å². The molecule has 0 saturated carbocycles. The molecule has 0 saturated heterocycles. The van der Waals surface area contributed by atoms with Gasteiger partial charge >= 0.3 is 6.09 Å². The first kappa shape index (κ1) is 21.6. The standard InChI is InChI=1S/C25H27N3O4/c1-15-9-10-21-20(11-15)16(13-26-21)12-17(27-24(31)32-25(2,3)4)14-28-22(29)18-7-5-6-8-19(18)23(28)30/h5-11,13,17,26H,12,14H2,1-4H3,(H,27,31)/t17-/m0/s1. The lowest BCUT2D eigenvalue weighted by Crippen LogP contribution is -2.48. The number of amides is 3. The number of fused-ring (bicyclic) bond motifs is 2. The number of ether oxygens (including phenoxy) is 1. The number of hydrogen-bond acceptors (Lipinski definition) is 4. The highest BCUT2D eigenvalue weighted by molar-refractivity contribution is 6.21. The van der Waals surface area contributed by atoms with Crippen molar-refractivity contribution < 1.29 is 19.1 Å². The molecule has 0 bridgehead atoms. The zero-order valence-electron chi connectivity index (χ0n) is 18.7. The first-order valence-electron chi connectivity index (χ1n) is 10.6. The number of rotatable bonds is 5. The van der Waals surface area contributed by atoms with Crippen LogP contribution >= 0.6 is 0 Å². The topological polar surface area (TPSA) is 91.5 Å². The molecule has 3 amide bonds. The van der Waals surface area contributed by atoms with Gasteiger partial charge in [-0.05, 0) is 63.9 Å². The predicted octanol–water partition coefficient (Wildman–Crippen LogP) is 4.21. The summed E-state index contributed by atoms with van der Waals surface area (Å²) < 4.78 is 5.43. The summed E-state index contributed by atoms with van der Waals surface area (Å²) in [6, 6.07) is 12.4. The largest absolute Gasteiger partial charge is 0.444 e. The zero-order valence-corrected chi connectivity index (χ0v) is 18.7. The summed E-state index contributed by atoms with van der Waals surface area (Å²) in [5, 5.41) is 3.91. The fourth-order valence-corrected chi connectivity index (χ4v) is 3.99. The van der Waals surface area contributed by atoms with Gasteiger partial charge in [-0.2, -0.15) is 0 Å². The van der Waals surface area contributed by atoms with E-state index in [1.807, 2.05) is 25.3 Å². The van der Waals surface area contributed by atoms with E-state index in [-0.39, 0.29) is 18.4 Å². The number of imide groups is 1. The number of carbonyl (C=O) groups excluding carboxylic acids is 3. The van der Waals surface area contributed by atoms with Gasteiger partial charge in [0.2, 0.25) is 0 Å². The summed E-state index contributed by atoms with van der Waals surface area (Å²) in [7, 11) is 0. The lowest BCUT2D eigenvalue weighted by Gasteiger charge is -2.26. The van der Waals surface area contributed by atoms with E-state index in [0.29, 0.717) is 17.5 Å². The molecule has 7 nitrogen and oxygen atoms in total. The van der Waals surface area contributed by atoms with Gasteiger partial charge in [0, 0.05) is 17.1 Å². The Labute approximate surface area is 186 Å². The van der Waals surface area contributed by atoms with Crippen molar-refractivity contribution in [2.75, 3.05) is 6.54 Å². The SMILES string of the molecule is Cc1ccc2[nH]cc(C[C@@H](CN3C(=O)c4ccccc4C3=O)NC(=O)OC(C)(C)C)c2c1. The summed E-state index contributed by atoms with van der Waals surface area (Å²) >= 11 is 0. The highest BCUT2D eigenvalue weighted by atomic mass is 16.6. The second kappa shape index (κ2) is 8.15. The monoisotopic (exact) mass is 433 g/mol. The number of H-pyrrole nitrogens is 1. The number of carbonyl (C=O) groups is 3. The molecule has 0 spiro atoms. The summed E-state index contributed by atoms with van der Waals surface area (Å²) in [6.45, 7) is 7.42. The van der Waals surface area contributed by atoms with Gasteiger partial charge in [0.1, 0.15) is 5.60 Å². The van der Waals surface area contributed by atoms with E-state index >= 15 is 0 Å². The lowest BCUT2D eigenvalue weighted by molar-refractivity contribution is 0.0468. The van der Waals surface area contributed by atoms with Gasteiger partial charge in [-0.3, -0.25) is 14.5 Å². The number of aryl methyl sites for hydroxylation is 1. The Kier molecular flexibility index (Phi) is 5.50. The van der Waals surface area contributed by atoms with Crippen LogP contribution in [0.2, 0.25) is 0 Å². The van der Waals surface area contributed by atoms with Crippen molar-refractivity contribution >= 4 is 28.8 Å². The molecule has 1 aliphatic rings. The van der Waals surface area contributed by atoms with E-state index in [1.165, 1.54) is 4.90 Å². The van der Waals surface area contributed by atoms with Gasteiger partial charge in [0.05, 0.1) is 23.7 Å². The third kappa shape index (κ3) is 4.37. The first-order chi connectivity index (χ1) is 15.1. The van der Waals surface area contributed by atoms with Crippen LogP contribution in [-0.4, -0.2) is 46.0 Å². The van der Waals surface area contributed by atoms with Gasteiger partial charge in [0.25, 0.3) is 11.8 Å². The van der Waals surface area contributed by atoms with Crippen LogP contribution < -0.4 is 5.32 Å². The maximum Gasteiger partial charge on any atom is 0.407 e. The maximum absolute atomic E-state index is 12.9. The van der Waals surface area contributed by atoms with Gasteiger partial charge in [0.15, 0.2) is 0 Å². The Morgan fingerprint density at radius 2 is 1.75 bits per heavy atom. The minimum Gasteiger partial charge on any atom is -0.444 e. The molecule has 166 valence electrons. The van der Waals surface area contributed by atoms with Gasteiger partial charge in [-0.1, -0.05) is 23.8 Å². The normalized spacial score (nSPS) is 14.6. The highest BCUT2D eigenvalue weighted by Crippen LogP contribution is 2.25. The molecule has 32 heavy (non-hydrogen) atoms. The fraction of sp³-hybridized carbons (Fsp3) is 0.320. The fourth-order valence-electron chi connectivity index (χ4n) is 3.99. The van der Waals surface area contributed by atoms with Crippen molar-refractivity contribution in [2.45, 2.75) is 45.8 Å². The van der Waals surface area contributed by atoms with Crippen molar-refractivity contribution in [1.29, 1.82) is 0 Å². The third-order valence-electron chi connectivity index (χ3n) is 5.39. The molecule has 7 heteroatoms. The van der Waals surface area contributed by atoms with Crippen LogP contribution in [0.3, 0.4) is 0 Å². The number of benzene rings is 2. The molecule has 4 rings (SSSR count). The summed E-state index contributed by atoms with van der Waals surface area (Å²) in [5.41, 5.74) is 3.20. The molecular weight excluding hydrogens is 406 g/mol. The first-order valence-corrected chi connectivity index (χ1v) is 10.6. The van der Waals surface area contributed by atoms with Crippen LogP contribution in [0.1, 0.15) is 52.6 Å². The van der Waals surface area contributed by atoms with Gasteiger partial charge in [-0.15, -0.1) is 0 Å². The molecule has 3 aromatic rings. The number of hydrogen-bond donors (Lipinski definition) is 2. The van der Waals surface area contributed by atoms with Crippen LogP contribution in [0.4, 0.5) is 4.79 Å². The second-order valence-corrected chi connectivity index (χ2v) is 9.18. The van der Waals surface area contributed by atoms with E-state index < -0.39 is 17.7 Å². The van der Waals surface area contributed by atoms with E-state index in [4.69, 9.17) is 4.74 Å². The smallest absolute Gasteiger partial charge is 0.407 e. The van der Waals surface area contributed by atoms with Crippen LogP contribution in [0, 0.1) is 6.92 Å². The molecule has 1 atom stereocenters. The van der Waals surface area contributed by atoms with Crippen LogP contribution in [0.15, 0.2) is 48.7 Å². The molecule has 1 aliphatic heterocycles. The van der Waals surface area contributed by atoms with E-state index in [1.54, 1.807) is 45.0 Å². The summed E-state index contributed by atoms with van der Waals surface area (Å²) in [5.74, 6) is -0.701. The molecular formula is C25H27N3O4. The molecule has 0 aliphatic carbocycles. The molecule has 2 N–H and O–H groups in total. The summed E-state index contributed by atoms with van der Waals surface area (Å²) in [6.07, 6.45) is 1.74. The Bertz CT molecular complexity index is 1170. The number of nitrogens with one attached hydrogen (secondary N) is 2. The quantitative estimate of drug-likeness (QED) is 0.590. The maximum atomic E-state index is 12.9. The average molecular weight is 434 g/mol. The number of alkyl carbamates (subject to hydrolysis) is 1. The third-order valence-corrected chi connectivity index (χ3v) is 5.39. The second-order valence-electron chi connectivity index (χ2n) is 9.18. The Balaban J connectivity index is 1.60. The lowest BCUT2D eigenvalue weighted by atomic mass is 10.0. The van der Waals surface area contributed by atoms with E-state index in [0.717, 1.165) is 22.0 Å². The molecule has 2 heterocycles. The van der Waals surface area contributed by atoms with E-state index in [2.05, 4.69) is 16.4 Å². The Morgan fingerprint density at radius 1 is 1.09 bits per heavy atom. The molecule has 2 aromatic carbocycles. The van der Waals surface area contributed by atoms with Crippen LogP contribution in [0.25, 0.3) is 10.9 Å². The molecule has 0 fully saturated rings. The number of aromatic amines is 1. The van der Waals surface area contributed by atoms with Crippen molar-refractivity contribution in [2.24, 2.45) is 0 Å². The number of aromatic nitrogens is 1. The van der Waals surface area contributed by atoms with Crippen LogP contribution in [0.5, 0.6) is 0 Å². The number of nitrogens with zero attached hydrogens (tertiary/aromatic N) is 1. The minimum absolute atomic E-state index is 0.0457. The highest BCUT2D eigenvalue weighted by Gasteiger charge is 2.37. The Morgan fingerprint density at radius 3 is 2.38 bits per heavy atom. The predicted molar refractivity (Wildman–Crippen MR) is 122 cm³/mol. The molecule has 0 unspecified atom stereocenters. The van der Waals surface area contributed by atoms with Crippen LogP contribution in [-0.2, 0) is 11.2 Å². The van der Waals surface area contributed by atoms with Crippen molar-refractivity contribution in [3.05, 3.63) is 70.9 Å². The average Bonchev–Trinajstić information content (AvgIpc) is 3.21. The van der Waals surface area contributed by atoms with Crippen molar-refractivity contribution in [1.82, 2.24) is 15.2 Å². The Hall–Kier alpha value is -3.61. The molecule has 1 aromatic heterocycles. The van der Waals surface area contributed by atoms with Crippen molar-refractivity contribution in [3.63, 3.8) is 0 Å². The molecule has 0 radical (unpaired) electrons. The van der Waals surface area contributed by atoms with E-state index in [9.17, 15) is 14.4 Å².